The number of carbonyl (C=O) groups is 1. The Morgan fingerprint density at radius 1 is 0.902 bits per heavy atom. The van der Waals surface area contributed by atoms with E-state index in [1.807, 2.05) is 14.0 Å². The van der Waals surface area contributed by atoms with Crippen molar-refractivity contribution in [3.05, 3.63) is 89.0 Å². The molecule has 6 nitrogen and oxygen atoms in total. The number of β-amino-alcohol motifs (C(OH)–C–C–N with tert-alkyl or cyclic N) is 1. The zero-order valence-corrected chi connectivity index (χ0v) is 23.9. The Hall–Kier alpha value is -3.03. The normalized spacial score (nSPS) is 17.5. The van der Waals surface area contributed by atoms with E-state index >= 15 is 0 Å². The molecule has 228 valence electrons. The van der Waals surface area contributed by atoms with E-state index in [4.69, 9.17) is 15.0 Å². The molecule has 1 atom stereocenters. The van der Waals surface area contributed by atoms with Crippen molar-refractivity contribution >= 4 is 16.7 Å². The minimum Gasteiger partial charge on any atom is -0.483 e. The first-order chi connectivity index (χ1) is 19.2. The van der Waals surface area contributed by atoms with Crippen LogP contribution in [0, 0.1) is 6.92 Å². The van der Waals surface area contributed by atoms with Crippen molar-refractivity contribution in [2.75, 3.05) is 26.7 Å². The van der Waals surface area contributed by atoms with Gasteiger partial charge in [-0.15, -0.1) is 0 Å². The Bertz CT molecular complexity index is 1240. The second kappa shape index (κ2) is 14.2. The third-order valence-corrected chi connectivity index (χ3v) is 7.42. The average Bonchev–Trinajstić information content (AvgIpc) is 3.40. The number of aliphatic hydroxyl groups is 1. The van der Waals surface area contributed by atoms with Gasteiger partial charge in [0, 0.05) is 19.6 Å². The van der Waals surface area contributed by atoms with Crippen LogP contribution >= 0.6 is 10.2 Å². The van der Waals surface area contributed by atoms with Gasteiger partial charge in [-0.1, -0.05) is 79.6 Å². The van der Waals surface area contributed by atoms with E-state index in [-0.39, 0.29) is 12.6 Å². The van der Waals surface area contributed by atoms with Gasteiger partial charge in [-0.25, -0.2) is 0 Å². The van der Waals surface area contributed by atoms with Crippen molar-refractivity contribution in [2.24, 2.45) is 0 Å². The predicted octanol–water partition coefficient (Wildman–Crippen LogP) is 6.41. The molecule has 0 spiro atoms. The molecule has 1 fully saturated rings. The van der Waals surface area contributed by atoms with Gasteiger partial charge < -0.3 is 26.2 Å². The Morgan fingerprint density at radius 2 is 1.49 bits per heavy atom. The number of hydrogen-bond acceptors (Lipinski definition) is 5. The van der Waals surface area contributed by atoms with Crippen molar-refractivity contribution in [1.82, 2.24) is 16.0 Å². The zero-order valence-electron chi connectivity index (χ0n) is 23.1. The molecule has 0 amide bonds. The number of fused-ring (bicyclic) bond motifs is 1. The fourth-order valence-electron chi connectivity index (χ4n) is 4.13. The highest BCUT2D eigenvalue weighted by molar-refractivity contribution is 8.45. The SMILES string of the molecule is CNCc1ccc2c(c1)CCNC2.Cc1ccc(-c2ccc(S(F)(F)(F)(F)F)cc2)cc1.O=CO.OC1CCNC1. The van der Waals surface area contributed by atoms with Crippen LogP contribution in [0.2, 0.25) is 0 Å². The van der Waals surface area contributed by atoms with Crippen LogP contribution in [0.25, 0.3) is 11.1 Å². The maximum absolute atomic E-state index is 12.5. The zero-order chi connectivity index (χ0) is 30.6. The number of hydrogen-bond donors (Lipinski definition) is 5. The van der Waals surface area contributed by atoms with Crippen molar-refractivity contribution in [2.45, 2.75) is 43.9 Å². The highest BCUT2D eigenvalue weighted by Crippen LogP contribution is 3.02. The van der Waals surface area contributed by atoms with Crippen molar-refractivity contribution in [3.63, 3.8) is 0 Å². The van der Waals surface area contributed by atoms with Crippen LogP contribution < -0.4 is 16.0 Å². The van der Waals surface area contributed by atoms with Crippen LogP contribution in [0.15, 0.2) is 71.6 Å². The Kier molecular flexibility index (Phi) is 11.9. The molecule has 0 radical (unpaired) electrons. The quantitative estimate of drug-likeness (QED) is 0.175. The van der Waals surface area contributed by atoms with Gasteiger partial charge in [-0.05, 0) is 79.9 Å². The summed E-state index contributed by atoms with van der Waals surface area (Å²) in [5.41, 5.74) is 6.53. The van der Waals surface area contributed by atoms with Gasteiger partial charge in [0.2, 0.25) is 0 Å². The lowest BCUT2D eigenvalue weighted by Crippen LogP contribution is -2.23. The van der Waals surface area contributed by atoms with Gasteiger partial charge in [0.15, 0.2) is 0 Å². The van der Waals surface area contributed by atoms with Gasteiger partial charge in [0.25, 0.3) is 6.47 Å². The molecule has 0 bridgehead atoms. The van der Waals surface area contributed by atoms with E-state index in [1.54, 1.807) is 24.3 Å². The van der Waals surface area contributed by atoms with E-state index in [1.165, 1.54) is 23.1 Å². The summed E-state index contributed by atoms with van der Waals surface area (Å²) < 4.78 is 62.7. The maximum Gasteiger partial charge on any atom is 0.310 e. The first-order valence-electron chi connectivity index (χ1n) is 13.0. The summed E-state index contributed by atoms with van der Waals surface area (Å²) >= 11 is 0. The van der Waals surface area contributed by atoms with E-state index in [2.05, 4.69) is 34.1 Å². The molecule has 3 aromatic carbocycles. The summed E-state index contributed by atoms with van der Waals surface area (Å²) in [6, 6.07) is 16.8. The Morgan fingerprint density at radius 3 is 1.95 bits per heavy atom. The van der Waals surface area contributed by atoms with Crippen molar-refractivity contribution < 1.29 is 34.4 Å². The summed E-state index contributed by atoms with van der Waals surface area (Å²) in [5, 5.41) is 25.1. The fourth-order valence-corrected chi connectivity index (χ4v) is 4.79. The molecular weight excluding hydrogens is 565 g/mol. The van der Waals surface area contributed by atoms with Gasteiger partial charge in [-0.3, -0.25) is 4.79 Å². The van der Waals surface area contributed by atoms with Gasteiger partial charge >= 0.3 is 10.2 Å². The number of halogens is 5. The summed E-state index contributed by atoms with van der Waals surface area (Å²) in [6.07, 6.45) is 2.04. The standard InChI is InChI=1S/C13H11F5S.C11H16N2.C4H9NO.CH2O2/c1-10-2-4-11(5-3-10)12-6-8-13(9-7-12)19(14,15,16,17)18;1-12-7-9-2-3-11-8-13-5-4-10(11)6-9;6-4-1-2-5-3-4;2-1-3/h2-9H,1H3;2-3,6,12-13H,4-5,7-8H2,1H3;4-6H,1-3H2;1H,(H,2,3). The molecule has 1 unspecified atom stereocenters. The smallest absolute Gasteiger partial charge is 0.310 e. The fraction of sp³-hybridized carbons (Fsp3) is 0.345. The second-order valence-corrected chi connectivity index (χ2v) is 12.1. The van der Waals surface area contributed by atoms with Crippen LogP contribution in [0.1, 0.15) is 28.7 Å². The third kappa shape index (κ3) is 12.2. The van der Waals surface area contributed by atoms with Crippen LogP contribution in [0.4, 0.5) is 19.4 Å². The molecule has 41 heavy (non-hydrogen) atoms. The largest absolute Gasteiger partial charge is 0.483 e. The minimum absolute atomic E-state index is 0.0648. The Labute approximate surface area is 237 Å². The van der Waals surface area contributed by atoms with E-state index < -0.39 is 15.1 Å². The molecule has 5 rings (SSSR count). The summed E-state index contributed by atoms with van der Waals surface area (Å²) in [5.74, 6) is 0. The monoisotopic (exact) mass is 603 g/mol. The predicted molar refractivity (Wildman–Crippen MR) is 155 cm³/mol. The van der Waals surface area contributed by atoms with Crippen LogP contribution in [0.3, 0.4) is 0 Å². The van der Waals surface area contributed by atoms with E-state index in [0.717, 1.165) is 56.8 Å². The maximum atomic E-state index is 12.5. The Balaban J connectivity index is 0.000000229. The minimum atomic E-state index is -9.57. The first-order valence-corrected chi connectivity index (χ1v) is 15.0. The summed E-state index contributed by atoms with van der Waals surface area (Å²) in [4.78, 5) is 6.50. The molecule has 3 aromatic rings. The summed E-state index contributed by atoms with van der Waals surface area (Å²) in [6.45, 7) is 6.54. The topological polar surface area (TPSA) is 93.6 Å². The van der Waals surface area contributed by atoms with Crippen molar-refractivity contribution in [1.29, 1.82) is 0 Å². The molecule has 0 saturated carbocycles. The lowest BCUT2D eigenvalue weighted by atomic mass is 9.98. The number of nitrogens with one attached hydrogen (secondary N) is 3. The van der Waals surface area contributed by atoms with Crippen LogP contribution in [0.5, 0.6) is 0 Å². The molecule has 2 heterocycles. The number of rotatable bonds is 4. The molecule has 1 saturated heterocycles. The third-order valence-electron chi connectivity index (χ3n) is 6.26. The average molecular weight is 604 g/mol. The number of aliphatic hydroxyl groups excluding tert-OH is 1. The van der Waals surface area contributed by atoms with E-state index in [9.17, 15) is 19.4 Å². The molecular formula is C29H38F5N3O3S. The number of aryl methyl sites for hydroxylation is 1. The molecule has 5 N–H and O–H groups in total. The van der Waals surface area contributed by atoms with Crippen LogP contribution in [-0.4, -0.2) is 49.5 Å². The first kappa shape index (κ1) is 34.2. The molecule has 12 heteroatoms. The molecule has 0 aromatic heterocycles. The molecule has 2 aliphatic heterocycles. The molecule has 2 aliphatic rings. The highest BCUT2D eigenvalue weighted by atomic mass is 32.5. The van der Waals surface area contributed by atoms with Crippen LogP contribution in [-0.2, 0) is 24.3 Å². The van der Waals surface area contributed by atoms with Gasteiger partial charge in [0.1, 0.15) is 4.90 Å². The lowest BCUT2D eigenvalue weighted by molar-refractivity contribution is -0.122. The van der Waals surface area contributed by atoms with E-state index in [0.29, 0.717) is 23.3 Å². The van der Waals surface area contributed by atoms with Gasteiger partial charge in [-0.2, -0.15) is 0 Å². The van der Waals surface area contributed by atoms with Crippen molar-refractivity contribution in [3.8, 4) is 11.1 Å². The lowest BCUT2D eigenvalue weighted by Gasteiger charge is -2.40. The number of carboxylic acid groups (broad SMARTS) is 1. The molecule has 0 aliphatic carbocycles. The number of benzene rings is 3. The highest BCUT2D eigenvalue weighted by Gasteiger charge is 2.65. The van der Waals surface area contributed by atoms with Gasteiger partial charge in [0.05, 0.1) is 6.10 Å². The summed E-state index contributed by atoms with van der Waals surface area (Å²) in [7, 11) is -7.58. The second-order valence-electron chi connectivity index (χ2n) is 9.67.